The van der Waals surface area contributed by atoms with Crippen molar-refractivity contribution in [3.63, 3.8) is 0 Å². The Labute approximate surface area is 288 Å². The Balaban J connectivity index is 1.07. The highest BCUT2D eigenvalue weighted by Crippen LogP contribution is 2.42. The van der Waals surface area contributed by atoms with Gasteiger partial charge in [0.2, 0.25) is 0 Å². The van der Waals surface area contributed by atoms with Gasteiger partial charge in [0.25, 0.3) is 23.8 Å². The molecule has 0 bridgehead atoms. The largest absolute Gasteiger partial charge is 0.252 e. The van der Waals surface area contributed by atoms with Crippen LogP contribution in [0.3, 0.4) is 0 Å². The summed E-state index contributed by atoms with van der Waals surface area (Å²) in [5.41, 5.74) is -0.581. The first kappa shape index (κ1) is 31.0. The van der Waals surface area contributed by atoms with Crippen molar-refractivity contribution < 1.29 is 35.1 Å². The lowest BCUT2D eigenvalue weighted by Gasteiger charge is -2.03. The monoisotopic (exact) mass is 756 g/mol. The molecule has 0 aliphatic carbocycles. The summed E-state index contributed by atoms with van der Waals surface area (Å²) in [6.07, 6.45) is 2.66. The topological polar surface area (TPSA) is 77.3 Å². The zero-order valence-corrected chi connectivity index (χ0v) is 27.2. The van der Waals surface area contributed by atoms with Gasteiger partial charge in [-0.1, -0.05) is 0 Å². The Morgan fingerprint density at radius 1 is 0.380 bits per heavy atom. The van der Waals surface area contributed by atoms with Gasteiger partial charge in [-0.25, -0.2) is 37.5 Å². The Bertz CT molecular complexity index is 2570. The van der Waals surface area contributed by atoms with Crippen LogP contribution >= 0.6 is 45.3 Å². The van der Waals surface area contributed by atoms with E-state index in [9.17, 15) is 35.1 Å². The Morgan fingerprint density at radius 3 is 1.12 bits per heavy atom. The molecule has 0 fully saturated rings. The predicted octanol–water partition coefficient (Wildman–Crippen LogP) is 10.7. The van der Waals surface area contributed by atoms with Crippen LogP contribution < -0.4 is 0 Å². The van der Waals surface area contributed by atoms with Gasteiger partial charge in [0.15, 0.2) is 23.3 Å². The summed E-state index contributed by atoms with van der Waals surface area (Å²) in [4.78, 5) is 23.4. The molecule has 0 aliphatic heterocycles. The van der Waals surface area contributed by atoms with E-state index in [1.807, 2.05) is 36.4 Å². The summed E-state index contributed by atoms with van der Waals surface area (Å²) in [6, 6.07) is 11.6. The highest BCUT2D eigenvalue weighted by Gasteiger charge is 2.26. The van der Waals surface area contributed by atoms with Gasteiger partial charge in [0.05, 0.1) is 41.3 Å². The summed E-state index contributed by atoms with van der Waals surface area (Å²) in [5, 5.41) is 3.98. The molecule has 9 rings (SSSR count). The first-order chi connectivity index (χ1) is 24.0. The maximum Gasteiger partial charge on any atom is 0.252 e. The molecular weight excluding hydrogens is 749 g/mol. The van der Waals surface area contributed by atoms with E-state index in [0.29, 0.717) is 30.8 Å². The summed E-state index contributed by atoms with van der Waals surface area (Å²) in [7, 11) is 0. The fourth-order valence-corrected chi connectivity index (χ4v) is 9.35. The van der Waals surface area contributed by atoms with Gasteiger partial charge < -0.3 is 0 Å². The second-order valence-electron chi connectivity index (χ2n) is 10.7. The molecule has 18 heteroatoms. The molecule has 0 spiro atoms. The molecule has 0 aliphatic rings. The van der Waals surface area contributed by atoms with Crippen molar-refractivity contribution in [2.45, 2.75) is 0 Å². The van der Waals surface area contributed by atoms with Gasteiger partial charge >= 0.3 is 0 Å². The number of rotatable bonds is 4. The average molecular weight is 757 g/mol. The maximum atomic E-state index is 14.3. The van der Waals surface area contributed by atoms with Crippen LogP contribution in [0.25, 0.3) is 82.9 Å². The van der Waals surface area contributed by atoms with E-state index in [4.69, 9.17) is 0 Å². The molecular formula is C32H8F8N6S4. The molecule has 0 radical (unpaired) electrons. The highest BCUT2D eigenvalue weighted by molar-refractivity contribution is 7.27. The van der Waals surface area contributed by atoms with E-state index in [1.54, 1.807) is 0 Å². The van der Waals surface area contributed by atoms with Crippen molar-refractivity contribution in [3.05, 3.63) is 95.9 Å². The normalized spacial score (nSPS) is 12.0. The third kappa shape index (κ3) is 4.84. The number of hydrogen-bond acceptors (Lipinski definition) is 10. The molecule has 0 N–H and O–H groups in total. The standard InChI is InChI=1S/C32H8F8N6S4/c33-21-19(22(34)26(38)45-25(21)37)31-41-7-17(49-31)29-43-13-3-9-1-11-5-15-14(4-10(11)2-12(9)6-16(13)48-29)44-30(47-15)18-8-42-32(50-18)20-23(35)27(39)46-28(40)24(20)36/h1-8H. The molecule has 0 unspecified atom stereocenters. The van der Waals surface area contributed by atoms with Crippen LogP contribution in [0.5, 0.6) is 0 Å². The number of thiazole rings is 4. The third-order valence-electron chi connectivity index (χ3n) is 7.66. The van der Waals surface area contributed by atoms with Crippen LogP contribution in [0.4, 0.5) is 35.1 Å². The van der Waals surface area contributed by atoms with Crippen molar-refractivity contribution in [2.24, 2.45) is 0 Å². The Kier molecular flexibility index (Phi) is 6.96. The van der Waals surface area contributed by atoms with Crippen LogP contribution in [0.15, 0.2) is 48.8 Å². The zero-order valence-electron chi connectivity index (χ0n) is 24.0. The van der Waals surface area contributed by atoms with E-state index in [0.717, 1.165) is 53.6 Å². The van der Waals surface area contributed by atoms with E-state index >= 15 is 0 Å². The molecule has 6 nitrogen and oxygen atoms in total. The van der Waals surface area contributed by atoms with E-state index < -0.39 is 58.2 Å². The second-order valence-corrected chi connectivity index (χ2v) is 14.8. The fraction of sp³-hybridized carbons (Fsp3) is 0. The number of fused-ring (bicyclic) bond motifs is 4. The van der Waals surface area contributed by atoms with Crippen molar-refractivity contribution >= 4 is 87.3 Å². The molecule has 246 valence electrons. The SMILES string of the molecule is Fc1nc(F)c(F)c(-c2ncc(-c3nc4cc5cc6cc7sc(-c8cnc(-c9c(F)c(F)nc(F)c9F)s8)nc7cc6cc5cc4s3)s2)c1F. The molecule has 0 saturated carbocycles. The highest BCUT2D eigenvalue weighted by atomic mass is 32.1. The first-order valence-electron chi connectivity index (χ1n) is 13.9. The number of nitrogens with zero attached hydrogens (tertiary/aromatic N) is 6. The van der Waals surface area contributed by atoms with E-state index in [-0.39, 0.29) is 10.0 Å². The van der Waals surface area contributed by atoms with Crippen molar-refractivity contribution in [1.29, 1.82) is 0 Å². The fourth-order valence-electron chi connectivity index (χ4n) is 5.38. The number of hydrogen-bond donors (Lipinski definition) is 0. The number of halogens is 8. The number of aromatic nitrogens is 6. The van der Waals surface area contributed by atoms with Crippen LogP contribution in [0.1, 0.15) is 0 Å². The molecule has 9 aromatic rings. The molecule has 0 saturated heterocycles. The summed E-state index contributed by atoms with van der Waals surface area (Å²) in [6.45, 7) is 0. The quantitative estimate of drug-likeness (QED) is 0.101. The van der Waals surface area contributed by atoms with Gasteiger partial charge in [-0.3, -0.25) is 0 Å². The third-order valence-corrected chi connectivity index (χ3v) is 12.1. The summed E-state index contributed by atoms with van der Waals surface area (Å²) in [5.74, 6) is -13.6. The van der Waals surface area contributed by atoms with Crippen molar-refractivity contribution in [2.75, 3.05) is 0 Å². The van der Waals surface area contributed by atoms with Gasteiger partial charge in [0, 0.05) is 12.4 Å². The van der Waals surface area contributed by atoms with Crippen LogP contribution in [0.2, 0.25) is 0 Å². The molecule has 6 aromatic heterocycles. The lowest BCUT2D eigenvalue weighted by molar-refractivity contribution is 0.410. The van der Waals surface area contributed by atoms with Gasteiger partial charge in [-0.05, 0) is 57.9 Å². The number of benzene rings is 3. The molecule has 6 heterocycles. The maximum absolute atomic E-state index is 14.3. The Morgan fingerprint density at radius 2 is 0.740 bits per heavy atom. The Hall–Kier alpha value is -5.04. The predicted molar refractivity (Wildman–Crippen MR) is 176 cm³/mol. The zero-order chi connectivity index (χ0) is 34.6. The summed E-state index contributed by atoms with van der Waals surface area (Å²) < 4.78 is 114. The van der Waals surface area contributed by atoms with Crippen molar-refractivity contribution in [1.82, 2.24) is 29.9 Å². The lowest BCUT2D eigenvalue weighted by atomic mass is 10.0. The molecule has 0 amide bonds. The van der Waals surface area contributed by atoms with Gasteiger partial charge in [0.1, 0.15) is 20.0 Å². The molecule has 50 heavy (non-hydrogen) atoms. The van der Waals surface area contributed by atoms with Crippen LogP contribution in [-0.4, -0.2) is 29.9 Å². The first-order valence-corrected chi connectivity index (χ1v) is 17.2. The minimum Gasteiger partial charge on any atom is -0.244 e. The smallest absolute Gasteiger partial charge is 0.244 e. The minimum atomic E-state index is -1.77. The average Bonchev–Trinajstić information content (AvgIpc) is 3.90. The van der Waals surface area contributed by atoms with Crippen LogP contribution in [0, 0.1) is 47.1 Å². The van der Waals surface area contributed by atoms with Crippen LogP contribution in [-0.2, 0) is 0 Å². The van der Waals surface area contributed by atoms with Gasteiger partial charge in [-0.15, -0.1) is 45.3 Å². The molecule has 0 atom stereocenters. The van der Waals surface area contributed by atoms with E-state index in [2.05, 4.69) is 29.9 Å². The second kappa shape index (κ2) is 11.2. The van der Waals surface area contributed by atoms with Crippen molar-refractivity contribution in [3.8, 4) is 40.9 Å². The number of pyridine rings is 2. The van der Waals surface area contributed by atoms with Gasteiger partial charge in [-0.2, -0.15) is 27.5 Å². The minimum absolute atomic E-state index is 0.263. The summed E-state index contributed by atoms with van der Waals surface area (Å²) >= 11 is 4.27. The lowest BCUT2D eigenvalue weighted by Crippen LogP contribution is -2.02. The molecule has 3 aromatic carbocycles. The van der Waals surface area contributed by atoms with E-state index in [1.165, 1.54) is 35.1 Å².